The second-order valence-corrected chi connectivity index (χ2v) is 4.69. The summed E-state index contributed by atoms with van der Waals surface area (Å²) in [4.78, 5) is 22.9. The van der Waals surface area contributed by atoms with Gasteiger partial charge in [-0.15, -0.1) is 0 Å². The van der Waals surface area contributed by atoms with Crippen molar-refractivity contribution in [1.82, 2.24) is 0 Å². The van der Waals surface area contributed by atoms with Crippen LogP contribution in [0.3, 0.4) is 0 Å². The van der Waals surface area contributed by atoms with Crippen molar-refractivity contribution >= 4 is 17.6 Å². The first kappa shape index (κ1) is 14.2. The van der Waals surface area contributed by atoms with Gasteiger partial charge in [0.25, 0.3) is 0 Å². The number of hydrogen-bond donors (Lipinski definition) is 2. The number of anilines is 1. The third-order valence-corrected chi connectivity index (χ3v) is 3.58. The van der Waals surface area contributed by atoms with Crippen LogP contribution in [-0.2, 0) is 9.59 Å². The standard InChI is InChI=1S/C14H17NO5/c1-19-11-6-3-8(7-12(11)20-2)15-13(16)9-4-5-10(9)14(17)18/h3,6-7,9-10H,4-5H2,1-2H3,(H,15,16)(H,17,18). The van der Waals surface area contributed by atoms with E-state index in [1.54, 1.807) is 18.2 Å². The van der Waals surface area contributed by atoms with Crippen LogP contribution in [0.15, 0.2) is 18.2 Å². The van der Waals surface area contributed by atoms with E-state index in [1.165, 1.54) is 14.2 Å². The van der Waals surface area contributed by atoms with E-state index in [-0.39, 0.29) is 5.91 Å². The Balaban J connectivity index is 2.06. The number of amides is 1. The minimum atomic E-state index is -0.913. The van der Waals surface area contributed by atoms with Gasteiger partial charge in [-0.1, -0.05) is 0 Å². The smallest absolute Gasteiger partial charge is 0.307 e. The molecule has 20 heavy (non-hydrogen) atoms. The zero-order valence-electron chi connectivity index (χ0n) is 11.4. The Bertz CT molecular complexity index is 528. The monoisotopic (exact) mass is 279 g/mol. The first-order valence-electron chi connectivity index (χ1n) is 6.32. The van der Waals surface area contributed by atoms with Gasteiger partial charge < -0.3 is 19.9 Å². The van der Waals surface area contributed by atoms with Crippen molar-refractivity contribution in [2.24, 2.45) is 11.8 Å². The summed E-state index contributed by atoms with van der Waals surface area (Å²) in [5.74, 6) is -1.14. The number of hydrogen-bond acceptors (Lipinski definition) is 4. The number of benzene rings is 1. The van der Waals surface area contributed by atoms with Crippen molar-refractivity contribution < 1.29 is 24.2 Å². The quantitative estimate of drug-likeness (QED) is 0.857. The Hall–Kier alpha value is -2.24. The third kappa shape index (κ3) is 2.68. The number of ether oxygens (including phenoxy) is 2. The zero-order chi connectivity index (χ0) is 14.7. The molecular weight excluding hydrogens is 262 g/mol. The fourth-order valence-corrected chi connectivity index (χ4v) is 2.26. The Labute approximate surface area is 116 Å². The summed E-state index contributed by atoms with van der Waals surface area (Å²) in [7, 11) is 3.04. The van der Waals surface area contributed by atoms with Gasteiger partial charge in [-0.2, -0.15) is 0 Å². The first-order chi connectivity index (χ1) is 9.56. The van der Waals surface area contributed by atoms with Crippen molar-refractivity contribution in [2.45, 2.75) is 12.8 Å². The van der Waals surface area contributed by atoms with Crippen molar-refractivity contribution in [3.05, 3.63) is 18.2 Å². The van der Waals surface area contributed by atoms with Gasteiger partial charge in [-0.05, 0) is 25.0 Å². The van der Waals surface area contributed by atoms with E-state index in [2.05, 4.69) is 5.32 Å². The van der Waals surface area contributed by atoms with E-state index in [1.807, 2.05) is 0 Å². The number of aliphatic carboxylic acids is 1. The van der Waals surface area contributed by atoms with Crippen LogP contribution in [0, 0.1) is 11.8 Å². The van der Waals surface area contributed by atoms with E-state index >= 15 is 0 Å². The van der Waals surface area contributed by atoms with Gasteiger partial charge in [0.05, 0.1) is 26.1 Å². The van der Waals surface area contributed by atoms with E-state index in [0.717, 1.165) is 0 Å². The number of carboxylic acids is 1. The van der Waals surface area contributed by atoms with E-state index in [9.17, 15) is 9.59 Å². The molecule has 0 aromatic heterocycles. The fraction of sp³-hybridized carbons (Fsp3) is 0.429. The summed E-state index contributed by atoms with van der Waals surface area (Å²) in [6.45, 7) is 0. The Morgan fingerprint density at radius 2 is 1.80 bits per heavy atom. The molecule has 0 aliphatic heterocycles. The maximum atomic E-state index is 12.0. The van der Waals surface area contributed by atoms with Crippen LogP contribution in [0.4, 0.5) is 5.69 Å². The fourth-order valence-electron chi connectivity index (χ4n) is 2.26. The average Bonchev–Trinajstić information content (AvgIpc) is 2.36. The zero-order valence-corrected chi connectivity index (χ0v) is 11.4. The number of carboxylic acid groups (broad SMARTS) is 1. The highest BCUT2D eigenvalue weighted by molar-refractivity contribution is 5.96. The minimum Gasteiger partial charge on any atom is -0.493 e. The number of methoxy groups -OCH3 is 2. The molecule has 1 amide bonds. The maximum Gasteiger partial charge on any atom is 0.307 e. The van der Waals surface area contributed by atoms with Crippen molar-refractivity contribution in [2.75, 3.05) is 19.5 Å². The van der Waals surface area contributed by atoms with E-state index in [4.69, 9.17) is 14.6 Å². The molecule has 2 unspecified atom stereocenters. The second kappa shape index (κ2) is 5.81. The molecule has 0 bridgehead atoms. The molecule has 0 spiro atoms. The average molecular weight is 279 g/mol. The highest BCUT2D eigenvalue weighted by atomic mass is 16.5. The van der Waals surface area contributed by atoms with Gasteiger partial charge >= 0.3 is 5.97 Å². The van der Waals surface area contributed by atoms with Crippen molar-refractivity contribution in [3.8, 4) is 11.5 Å². The Morgan fingerprint density at radius 3 is 2.30 bits per heavy atom. The third-order valence-electron chi connectivity index (χ3n) is 3.58. The van der Waals surface area contributed by atoms with Gasteiger partial charge in [-0.25, -0.2) is 0 Å². The Kier molecular flexibility index (Phi) is 4.12. The highest BCUT2D eigenvalue weighted by Gasteiger charge is 2.41. The predicted octanol–water partition coefficient (Wildman–Crippen LogP) is 1.75. The molecule has 0 heterocycles. The Morgan fingerprint density at radius 1 is 1.15 bits per heavy atom. The van der Waals surface area contributed by atoms with Crippen LogP contribution < -0.4 is 14.8 Å². The van der Waals surface area contributed by atoms with Gasteiger partial charge in [0.15, 0.2) is 11.5 Å². The number of carbonyl (C=O) groups is 2. The first-order valence-corrected chi connectivity index (χ1v) is 6.32. The van der Waals surface area contributed by atoms with Gasteiger partial charge in [0.1, 0.15) is 0 Å². The summed E-state index contributed by atoms with van der Waals surface area (Å²) >= 11 is 0. The van der Waals surface area contributed by atoms with Crippen LogP contribution >= 0.6 is 0 Å². The van der Waals surface area contributed by atoms with E-state index < -0.39 is 17.8 Å². The lowest BCUT2D eigenvalue weighted by Crippen LogP contribution is -2.41. The van der Waals surface area contributed by atoms with Crippen LogP contribution in [0.1, 0.15) is 12.8 Å². The maximum absolute atomic E-state index is 12.0. The molecule has 1 aromatic carbocycles. The van der Waals surface area contributed by atoms with Crippen LogP contribution in [-0.4, -0.2) is 31.2 Å². The number of rotatable bonds is 5. The van der Waals surface area contributed by atoms with Gasteiger partial charge in [-0.3, -0.25) is 9.59 Å². The molecule has 6 heteroatoms. The summed E-state index contributed by atoms with van der Waals surface area (Å²) < 4.78 is 10.3. The molecule has 108 valence electrons. The summed E-state index contributed by atoms with van der Waals surface area (Å²) in [5, 5.41) is 11.7. The lowest BCUT2D eigenvalue weighted by Gasteiger charge is -2.31. The van der Waals surface area contributed by atoms with Crippen molar-refractivity contribution in [3.63, 3.8) is 0 Å². The summed E-state index contributed by atoms with van der Waals surface area (Å²) in [6, 6.07) is 5.02. The highest BCUT2D eigenvalue weighted by Crippen LogP contribution is 2.36. The summed E-state index contributed by atoms with van der Waals surface area (Å²) in [6.07, 6.45) is 1.16. The van der Waals surface area contributed by atoms with Crippen LogP contribution in [0.5, 0.6) is 11.5 Å². The van der Waals surface area contributed by atoms with Gasteiger partial charge in [0, 0.05) is 11.8 Å². The molecule has 2 N–H and O–H groups in total. The minimum absolute atomic E-state index is 0.268. The molecule has 0 saturated heterocycles. The van der Waals surface area contributed by atoms with Crippen molar-refractivity contribution in [1.29, 1.82) is 0 Å². The lowest BCUT2D eigenvalue weighted by atomic mass is 9.73. The molecule has 6 nitrogen and oxygen atoms in total. The predicted molar refractivity (Wildman–Crippen MR) is 72.0 cm³/mol. The second-order valence-electron chi connectivity index (χ2n) is 4.69. The van der Waals surface area contributed by atoms with Crippen LogP contribution in [0.2, 0.25) is 0 Å². The topological polar surface area (TPSA) is 84.9 Å². The molecule has 2 rings (SSSR count). The molecular formula is C14H17NO5. The molecule has 1 saturated carbocycles. The van der Waals surface area contributed by atoms with Crippen LogP contribution in [0.25, 0.3) is 0 Å². The molecule has 0 radical (unpaired) electrons. The molecule has 2 atom stereocenters. The van der Waals surface area contributed by atoms with Gasteiger partial charge in [0.2, 0.25) is 5.91 Å². The SMILES string of the molecule is COc1ccc(NC(=O)C2CCC2C(=O)O)cc1OC. The molecule has 1 fully saturated rings. The lowest BCUT2D eigenvalue weighted by molar-refractivity contribution is -0.151. The number of carbonyl (C=O) groups excluding carboxylic acids is 1. The molecule has 1 aliphatic carbocycles. The molecule has 1 aliphatic rings. The largest absolute Gasteiger partial charge is 0.493 e. The molecule has 1 aromatic rings. The summed E-state index contributed by atoms with van der Waals surface area (Å²) in [5.41, 5.74) is 0.559. The van der Waals surface area contributed by atoms with E-state index in [0.29, 0.717) is 30.0 Å². The normalized spacial score (nSPS) is 20.7. The number of nitrogens with one attached hydrogen (secondary N) is 1.